The molecule has 0 spiro atoms. The summed E-state index contributed by atoms with van der Waals surface area (Å²) in [6.45, 7) is 5.54. The average molecular weight is 280 g/mol. The van der Waals surface area contributed by atoms with Crippen LogP contribution in [0.15, 0.2) is 29.2 Å². The zero-order valence-corrected chi connectivity index (χ0v) is 12.0. The van der Waals surface area contributed by atoms with Gasteiger partial charge in [-0.15, -0.1) is 0 Å². The predicted octanol–water partition coefficient (Wildman–Crippen LogP) is 0.741. The molecule has 0 amide bonds. The van der Waals surface area contributed by atoms with Crippen LogP contribution in [0.3, 0.4) is 0 Å². The van der Waals surface area contributed by atoms with Gasteiger partial charge < -0.3 is 5.32 Å². The van der Waals surface area contributed by atoms with Crippen LogP contribution in [-0.2, 0) is 16.4 Å². The molecule has 2 saturated heterocycles. The molecule has 0 bridgehead atoms. The molecular weight excluding hydrogens is 260 g/mol. The summed E-state index contributed by atoms with van der Waals surface area (Å²) in [5, 5.41) is 3.44. The van der Waals surface area contributed by atoms with E-state index in [2.05, 4.69) is 10.2 Å². The van der Waals surface area contributed by atoms with Crippen molar-refractivity contribution >= 4 is 9.84 Å². The Balaban J connectivity index is 1.65. The summed E-state index contributed by atoms with van der Waals surface area (Å²) in [6.07, 6.45) is 1.25. The third-order valence-corrected chi connectivity index (χ3v) is 5.35. The molecule has 2 fully saturated rings. The third kappa shape index (κ3) is 2.83. The van der Waals surface area contributed by atoms with Crippen LogP contribution in [0.25, 0.3) is 0 Å². The zero-order chi connectivity index (χ0) is 13.5. The molecular formula is C14H20N2O2S. The van der Waals surface area contributed by atoms with Crippen LogP contribution in [0.1, 0.15) is 5.56 Å². The van der Waals surface area contributed by atoms with Crippen molar-refractivity contribution in [3.8, 4) is 0 Å². The first kappa shape index (κ1) is 13.1. The summed E-state index contributed by atoms with van der Waals surface area (Å²) < 4.78 is 22.8. The minimum absolute atomic E-state index is 0.402. The van der Waals surface area contributed by atoms with Crippen molar-refractivity contribution < 1.29 is 8.42 Å². The summed E-state index contributed by atoms with van der Waals surface area (Å²) in [5.41, 5.74) is 1.19. The second-order valence-electron chi connectivity index (χ2n) is 5.79. The number of fused-ring (bicyclic) bond motifs is 1. The number of hydrogen-bond donors (Lipinski definition) is 1. The topological polar surface area (TPSA) is 49.4 Å². The lowest BCUT2D eigenvalue weighted by Crippen LogP contribution is -2.25. The largest absolute Gasteiger partial charge is 0.316 e. The molecule has 0 radical (unpaired) electrons. The van der Waals surface area contributed by atoms with E-state index in [1.54, 1.807) is 12.1 Å². The van der Waals surface area contributed by atoms with Crippen LogP contribution >= 0.6 is 0 Å². The molecule has 5 heteroatoms. The maximum Gasteiger partial charge on any atom is 0.175 e. The molecule has 104 valence electrons. The van der Waals surface area contributed by atoms with Gasteiger partial charge in [0.2, 0.25) is 0 Å². The van der Waals surface area contributed by atoms with E-state index in [4.69, 9.17) is 0 Å². The Labute approximate surface area is 114 Å². The molecule has 19 heavy (non-hydrogen) atoms. The standard InChI is InChI=1S/C14H20N2O2S/c1-19(17,18)14-4-2-11(3-5-14)8-16-9-12-6-15-7-13(12)10-16/h2-5,12-13,15H,6-10H2,1H3/t12-,13+. The van der Waals surface area contributed by atoms with Crippen LogP contribution in [-0.4, -0.2) is 45.8 Å². The van der Waals surface area contributed by atoms with Crippen molar-refractivity contribution in [3.05, 3.63) is 29.8 Å². The van der Waals surface area contributed by atoms with Gasteiger partial charge in [0.05, 0.1) is 4.90 Å². The van der Waals surface area contributed by atoms with Crippen molar-refractivity contribution in [2.75, 3.05) is 32.4 Å². The minimum atomic E-state index is -3.08. The minimum Gasteiger partial charge on any atom is -0.316 e. The lowest BCUT2D eigenvalue weighted by atomic mass is 10.0. The summed E-state index contributed by atoms with van der Waals surface area (Å²) in [6, 6.07) is 7.29. The lowest BCUT2D eigenvalue weighted by molar-refractivity contribution is 0.305. The number of nitrogens with one attached hydrogen (secondary N) is 1. The molecule has 0 saturated carbocycles. The fourth-order valence-corrected chi connectivity index (χ4v) is 3.81. The van der Waals surface area contributed by atoms with Crippen molar-refractivity contribution in [3.63, 3.8) is 0 Å². The first-order valence-electron chi connectivity index (χ1n) is 6.74. The highest BCUT2D eigenvalue weighted by Crippen LogP contribution is 2.27. The third-order valence-electron chi connectivity index (χ3n) is 4.22. The molecule has 2 aliphatic rings. The maximum absolute atomic E-state index is 11.4. The lowest BCUT2D eigenvalue weighted by Gasteiger charge is -2.17. The average Bonchev–Trinajstić information content (AvgIpc) is 2.89. The van der Waals surface area contributed by atoms with Crippen molar-refractivity contribution in [2.45, 2.75) is 11.4 Å². The van der Waals surface area contributed by atoms with Gasteiger partial charge in [-0.1, -0.05) is 12.1 Å². The van der Waals surface area contributed by atoms with E-state index >= 15 is 0 Å². The molecule has 0 aliphatic carbocycles. The van der Waals surface area contributed by atoms with Gasteiger partial charge in [-0.25, -0.2) is 8.42 Å². The van der Waals surface area contributed by atoms with E-state index in [1.807, 2.05) is 12.1 Å². The first-order valence-corrected chi connectivity index (χ1v) is 8.63. The van der Waals surface area contributed by atoms with Crippen molar-refractivity contribution in [2.24, 2.45) is 11.8 Å². The van der Waals surface area contributed by atoms with Gasteiger partial charge in [0.1, 0.15) is 0 Å². The molecule has 2 heterocycles. The monoisotopic (exact) mass is 280 g/mol. The number of hydrogen-bond acceptors (Lipinski definition) is 4. The summed E-state index contributed by atoms with van der Waals surface area (Å²) >= 11 is 0. The summed E-state index contributed by atoms with van der Waals surface area (Å²) in [4.78, 5) is 2.88. The van der Waals surface area contributed by atoms with E-state index in [0.717, 1.165) is 44.6 Å². The maximum atomic E-state index is 11.4. The second-order valence-corrected chi connectivity index (χ2v) is 7.80. The second kappa shape index (κ2) is 4.89. The first-order chi connectivity index (χ1) is 9.02. The number of rotatable bonds is 3. The van der Waals surface area contributed by atoms with Crippen LogP contribution < -0.4 is 5.32 Å². The molecule has 2 aliphatic heterocycles. The Morgan fingerprint density at radius 1 is 1.16 bits per heavy atom. The fourth-order valence-electron chi connectivity index (χ4n) is 3.18. The van der Waals surface area contributed by atoms with Crippen molar-refractivity contribution in [1.29, 1.82) is 0 Å². The number of sulfone groups is 1. The van der Waals surface area contributed by atoms with Crippen LogP contribution in [0, 0.1) is 11.8 Å². The predicted molar refractivity (Wildman–Crippen MR) is 74.7 cm³/mol. The molecule has 1 aromatic carbocycles. The Kier molecular flexibility index (Phi) is 3.37. The van der Waals surface area contributed by atoms with Gasteiger partial charge in [0.15, 0.2) is 9.84 Å². The normalized spacial score (nSPS) is 27.6. The molecule has 0 aromatic heterocycles. The highest BCUT2D eigenvalue weighted by atomic mass is 32.2. The molecule has 1 aromatic rings. The van der Waals surface area contributed by atoms with Gasteiger partial charge in [-0.2, -0.15) is 0 Å². The van der Waals surface area contributed by atoms with Gasteiger partial charge in [0.25, 0.3) is 0 Å². The van der Waals surface area contributed by atoms with Gasteiger partial charge >= 0.3 is 0 Å². The SMILES string of the molecule is CS(=O)(=O)c1ccc(CN2C[C@H]3CNC[C@H]3C2)cc1. The van der Waals surface area contributed by atoms with Crippen LogP contribution in [0.5, 0.6) is 0 Å². The van der Waals surface area contributed by atoms with Crippen molar-refractivity contribution in [1.82, 2.24) is 10.2 Å². The van der Waals surface area contributed by atoms with E-state index in [9.17, 15) is 8.42 Å². The summed E-state index contributed by atoms with van der Waals surface area (Å²) in [7, 11) is -3.08. The number of likely N-dealkylation sites (tertiary alicyclic amines) is 1. The number of nitrogens with zero attached hydrogens (tertiary/aromatic N) is 1. The molecule has 2 atom stereocenters. The fraction of sp³-hybridized carbons (Fsp3) is 0.571. The molecule has 3 rings (SSSR count). The zero-order valence-electron chi connectivity index (χ0n) is 11.2. The highest BCUT2D eigenvalue weighted by molar-refractivity contribution is 7.90. The highest BCUT2D eigenvalue weighted by Gasteiger charge is 2.35. The Morgan fingerprint density at radius 2 is 1.74 bits per heavy atom. The Morgan fingerprint density at radius 3 is 2.26 bits per heavy atom. The van der Waals surface area contributed by atoms with Crippen LogP contribution in [0.4, 0.5) is 0 Å². The van der Waals surface area contributed by atoms with Gasteiger partial charge in [-0.05, 0) is 42.6 Å². The Hall–Kier alpha value is -0.910. The molecule has 4 nitrogen and oxygen atoms in total. The summed E-state index contributed by atoms with van der Waals surface area (Å²) in [5.74, 6) is 1.60. The number of benzene rings is 1. The van der Waals surface area contributed by atoms with Gasteiger partial charge in [-0.3, -0.25) is 4.90 Å². The molecule has 1 N–H and O–H groups in total. The Bertz CT molecular complexity index is 541. The molecule has 0 unspecified atom stereocenters. The van der Waals surface area contributed by atoms with E-state index in [-0.39, 0.29) is 0 Å². The van der Waals surface area contributed by atoms with Gasteiger partial charge in [0, 0.05) is 25.9 Å². The van der Waals surface area contributed by atoms with E-state index < -0.39 is 9.84 Å². The van der Waals surface area contributed by atoms with E-state index in [0.29, 0.717) is 4.90 Å². The van der Waals surface area contributed by atoms with Crippen LogP contribution in [0.2, 0.25) is 0 Å². The van der Waals surface area contributed by atoms with E-state index in [1.165, 1.54) is 11.8 Å². The smallest absolute Gasteiger partial charge is 0.175 e. The quantitative estimate of drug-likeness (QED) is 0.887.